The maximum Gasteiger partial charge on any atom is 0.147 e. The molecule has 0 aliphatic heterocycles. The second-order valence-electron chi connectivity index (χ2n) is 15.6. The maximum atomic E-state index is 6.95. The lowest BCUT2D eigenvalue weighted by molar-refractivity contribution is 0.658. The third-order valence-electron chi connectivity index (χ3n) is 12.5. The standard InChI is InChI=1S/C54H30N2O3/c1-6-16-44-34(11-1)35-12-2-7-17-45(35)55(44)32-22-25-50-40(28-32)42-30-43-41-29-33(56-46-18-8-3-13-36(46)37-14-4-9-19-47(37)56)23-26-51(41)59-54(43)52(53(42)58-50)31-21-24-49-39(27-31)38-15-5-10-20-48(38)57-49/h1-30H. The fraction of sp³-hybridized carbons (Fsp3) is 0. The Labute approximate surface area is 335 Å². The Hall–Kier alpha value is -8.02. The Kier molecular flexibility index (Phi) is 5.96. The van der Waals surface area contributed by atoms with Crippen molar-refractivity contribution in [3.05, 3.63) is 182 Å². The van der Waals surface area contributed by atoms with Crippen molar-refractivity contribution in [3.8, 4) is 22.5 Å². The first-order chi connectivity index (χ1) is 29.2. The first-order valence-electron chi connectivity index (χ1n) is 20.0. The minimum Gasteiger partial charge on any atom is -0.456 e. The minimum atomic E-state index is 0.792. The maximum absolute atomic E-state index is 6.95. The summed E-state index contributed by atoms with van der Waals surface area (Å²) in [5, 5.41) is 11.2. The first-order valence-corrected chi connectivity index (χ1v) is 20.0. The average molecular weight is 755 g/mol. The molecule has 0 bridgehead atoms. The van der Waals surface area contributed by atoms with Gasteiger partial charge in [0.25, 0.3) is 0 Å². The molecular weight excluding hydrogens is 725 g/mol. The number of benzene rings is 9. The summed E-state index contributed by atoms with van der Waals surface area (Å²) >= 11 is 0. The van der Waals surface area contributed by atoms with Crippen LogP contribution in [-0.2, 0) is 0 Å². The molecule has 0 aliphatic rings. The van der Waals surface area contributed by atoms with Gasteiger partial charge in [0, 0.05) is 65.2 Å². The summed E-state index contributed by atoms with van der Waals surface area (Å²) in [5.41, 5.74) is 13.7. The Morgan fingerprint density at radius 3 is 1.17 bits per heavy atom. The normalized spacial score (nSPS) is 12.4. The van der Waals surface area contributed by atoms with Crippen LogP contribution in [0.3, 0.4) is 0 Å². The second kappa shape index (κ2) is 11.3. The molecule has 0 saturated heterocycles. The highest BCUT2D eigenvalue weighted by Crippen LogP contribution is 2.47. The molecular formula is C54H30N2O3. The van der Waals surface area contributed by atoms with Crippen LogP contribution in [0.1, 0.15) is 0 Å². The number of hydrogen-bond acceptors (Lipinski definition) is 3. The first kappa shape index (κ1) is 31.1. The molecule has 0 saturated carbocycles. The van der Waals surface area contributed by atoms with E-state index in [1.807, 2.05) is 12.1 Å². The molecule has 9 aromatic carbocycles. The highest BCUT2D eigenvalue weighted by atomic mass is 16.3. The smallest absolute Gasteiger partial charge is 0.147 e. The van der Waals surface area contributed by atoms with Crippen LogP contribution >= 0.6 is 0 Å². The van der Waals surface area contributed by atoms with Crippen LogP contribution in [0.4, 0.5) is 0 Å². The van der Waals surface area contributed by atoms with E-state index in [0.717, 1.165) is 88.3 Å². The van der Waals surface area contributed by atoms with E-state index >= 15 is 0 Å². The van der Waals surface area contributed by atoms with Crippen LogP contribution in [0, 0.1) is 0 Å². The number of nitrogens with zero attached hydrogens (tertiary/aromatic N) is 2. The van der Waals surface area contributed by atoms with Gasteiger partial charge in [-0.3, -0.25) is 0 Å². The van der Waals surface area contributed by atoms with E-state index in [2.05, 4.69) is 179 Å². The third kappa shape index (κ3) is 4.18. The van der Waals surface area contributed by atoms with Crippen molar-refractivity contribution in [3.63, 3.8) is 0 Å². The molecule has 0 radical (unpaired) electrons. The van der Waals surface area contributed by atoms with Crippen molar-refractivity contribution in [2.45, 2.75) is 0 Å². The van der Waals surface area contributed by atoms with Gasteiger partial charge in [0.1, 0.15) is 33.5 Å². The molecule has 0 atom stereocenters. The Balaban J connectivity index is 1.09. The van der Waals surface area contributed by atoms with Gasteiger partial charge in [-0.05, 0) is 90.5 Å². The highest BCUT2D eigenvalue weighted by Gasteiger charge is 2.24. The summed E-state index contributed by atoms with van der Waals surface area (Å²) in [6.07, 6.45) is 0. The van der Waals surface area contributed by atoms with Gasteiger partial charge in [-0.2, -0.15) is 0 Å². The lowest BCUT2D eigenvalue weighted by atomic mass is 9.97. The number of aromatic nitrogens is 2. The van der Waals surface area contributed by atoms with E-state index in [-0.39, 0.29) is 0 Å². The lowest BCUT2D eigenvalue weighted by Crippen LogP contribution is -1.93. The predicted octanol–water partition coefficient (Wildman–Crippen LogP) is 15.2. The summed E-state index contributed by atoms with van der Waals surface area (Å²) in [7, 11) is 0. The summed E-state index contributed by atoms with van der Waals surface area (Å²) in [4.78, 5) is 0. The van der Waals surface area contributed by atoms with Gasteiger partial charge in [0.15, 0.2) is 0 Å². The molecule has 0 N–H and O–H groups in total. The van der Waals surface area contributed by atoms with Crippen LogP contribution in [0.5, 0.6) is 0 Å². The number of furan rings is 3. The Bertz CT molecular complexity index is 3780. The van der Waals surface area contributed by atoms with Crippen LogP contribution in [-0.4, -0.2) is 9.13 Å². The van der Waals surface area contributed by atoms with Gasteiger partial charge in [-0.15, -0.1) is 0 Å². The van der Waals surface area contributed by atoms with E-state index in [1.54, 1.807) is 0 Å². The number of hydrogen-bond donors (Lipinski definition) is 0. The van der Waals surface area contributed by atoms with E-state index in [0.29, 0.717) is 0 Å². The molecule has 14 aromatic rings. The van der Waals surface area contributed by atoms with Gasteiger partial charge >= 0.3 is 0 Å². The van der Waals surface area contributed by atoms with Gasteiger partial charge in [0.2, 0.25) is 0 Å². The Morgan fingerprint density at radius 1 is 0.271 bits per heavy atom. The average Bonchev–Trinajstić information content (AvgIpc) is 4.10. The molecule has 0 fully saturated rings. The summed E-state index contributed by atoms with van der Waals surface area (Å²) < 4.78 is 24.9. The molecule has 0 spiro atoms. The zero-order chi connectivity index (χ0) is 38.3. The van der Waals surface area contributed by atoms with Crippen molar-refractivity contribution in [1.29, 1.82) is 0 Å². The number of rotatable bonds is 3. The van der Waals surface area contributed by atoms with Gasteiger partial charge in [-0.1, -0.05) is 97.1 Å². The SMILES string of the molecule is c1ccc2c(c1)oc1ccc(-c3c4oc5ccc(-n6c7ccccc7c7ccccc76)cc5c4cc4c3oc3ccc(-n5c6ccccc6c6ccccc65)cc34)cc12. The zero-order valence-corrected chi connectivity index (χ0v) is 31.4. The Morgan fingerprint density at radius 2 is 0.661 bits per heavy atom. The largest absolute Gasteiger partial charge is 0.456 e. The predicted molar refractivity (Wildman–Crippen MR) is 242 cm³/mol. The zero-order valence-electron chi connectivity index (χ0n) is 31.4. The minimum absolute atomic E-state index is 0.792. The second-order valence-corrected chi connectivity index (χ2v) is 15.6. The third-order valence-corrected chi connectivity index (χ3v) is 12.5. The van der Waals surface area contributed by atoms with Gasteiger partial charge < -0.3 is 22.4 Å². The molecule has 0 aliphatic carbocycles. The molecule has 5 nitrogen and oxygen atoms in total. The molecule has 274 valence electrons. The van der Waals surface area contributed by atoms with Crippen molar-refractivity contribution < 1.29 is 13.3 Å². The van der Waals surface area contributed by atoms with Gasteiger partial charge in [-0.25, -0.2) is 0 Å². The molecule has 14 rings (SSSR count). The molecule has 5 aromatic heterocycles. The topological polar surface area (TPSA) is 49.3 Å². The van der Waals surface area contributed by atoms with Crippen LogP contribution in [0.25, 0.3) is 132 Å². The number of fused-ring (bicyclic) bond motifs is 15. The van der Waals surface area contributed by atoms with Crippen molar-refractivity contribution in [1.82, 2.24) is 9.13 Å². The van der Waals surface area contributed by atoms with Crippen molar-refractivity contribution in [2.24, 2.45) is 0 Å². The summed E-state index contributed by atoms with van der Waals surface area (Å²) in [5.74, 6) is 0. The van der Waals surface area contributed by atoms with E-state index in [4.69, 9.17) is 13.3 Å². The summed E-state index contributed by atoms with van der Waals surface area (Å²) in [6, 6.07) is 64.7. The van der Waals surface area contributed by atoms with E-state index in [1.165, 1.54) is 43.6 Å². The summed E-state index contributed by atoms with van der Waals surface area (Å²) in [6.45, 7) is 0. The van der Waals surface area contributed by atoms with Crippen LogP contribution in [0.15, 0.2) is 195 Å². The van der Waals surface area contributed by atoms with Gasteiger partial charge in [0.05, 0.1) is 27.6 Å². The molecule has 0 amide bonds. The van der Waals surface area contributed by atoms with E-state index < -0.39 is 0 Å². The van der Waals surface area contributed by atoms with Crippen LogP contribution < -0.4 is 0 Å². The van der Waals surface area contributed by atoms with Crippen LogP contribution in [0.2, 0.25) is 0 Å². The van der Waals surface area contributed by atoms with Crippen molar-refractivity contribution in [2.75, 3.05) is 0 Å². The molecule has 0 unspecified atom stereocenters. The van der Waals surface area contributed by atoms with Crippen molar-refractivity contribution >= 4 is 109 Å². The lowest BCUT2D eigenvalue weighted by Gasteiger charge is -2.08. The fourth-order valence-corrected chi connectivity index (χ4v) is 9.94. The molecule has 59 heavy (non-hydrogen) atoms. The molecule has 5 heteroatoms. The van der Waals surface area contributed by atoms with E-state index in [9.17, 15) is 0 Å². The monoisotopic (exact) mass is 754 g/mol. The molecule has 5 heterocycles. The highest BCUT2D eigenvalue weighted by molar-refractivity contribution is 6.23. The number of para-hydroxylation sites is 5. The quantitative estimate of drug-likeness (QED) is 0.180. The fourth-order valence-electron chi connectivity index (χ4n) is 9.94.